The number of aromatic amines is 1. The molecule has 2 saturated heterocycles. The molecule has 0 aliphatic carbocycles. The number of nitrogens with two attached hydrogens (primary N) is 2. The van der Waals surface area contributed by atoms with Gasteiger partial charge in [0.25, 0.3) is 5.56 Å². The number of H-pyrrole nitrogens is 1. The molecule has 10 N–H and O–H groups in total. The lowest BCUT2D eigenvalue weighted by atomic mass is 10.1. The summed E-state index contributed by atoms with van der Waals surface area (Å²) in [6.45, 7) is -1.54. The fraction of sp³-hybridized carbons (Fsp3) is 0.455. The molecule has 2 aliphatic rings. The molecule has 4 aromatic heterocycles. The summed E-state index contributed by atoms with van der Waals surface area (Å²) in [5.74, 6) is -0.272. The van der Waals surface area contributed by atoms with Crippen molar-refractivity contribution >= 4 is 49.9 Å². The second-order valence-corrected chi connectivity index (χ2v) is 12.2. The van der Waals surface area contributed by atoms with E-state index in [-0.39, 0.29) is 17.1 Å². The van der Waals surface area contributed by atoms with Gasteiger partial charge in [-0.3, -0.25) is 23.4 Å². The topological polar surface area (TPSA) is 315 Å². The summed E-state index contributed by atoms with van der Waals surface area (Å²) in [7, 11) is -8.41. The monoisotopic (exact) mass is 673 g/mol. The van der Waals surface area contributed by atoms with Crippen LogP contribution in [-0.2, 0) is 32.2 Å². The molecule has 0 radical (unpaired) electrons. The first kappa shape index (κ1) is 31.5. The molecular weight excluding hydrogens is 646 g/mol. The van der Waals surface area contributed by atoms with E-state index >= 15 is 0 Å². The van der Waals surface area contributed by atoms with Crippen molar-refractivity contribution in [1.29, 1.82) is 0 Å². The number of pyridine rings is 1. The molecule has 0 amide bonds. The zero-order chi connectivity index (χ0) is 32.2. The van der Waals surface area contributed by atoms with Crippen LogP contribution in [0.2, 0.25) is 0 Å². The lowest BCUT2D eigenvalue weighted by Crippen LogP contribution is -2.36. The van der Waals surface area contributed by atoms with Crippen molar-refractivity contribution in [1.82, 2.24) is 29.1 Å². The minimum absolute atomic E-state index is 0.111. The Hall–Kier alpha value is -3.43. The van der Waals surface area contributed by atoms with Gasteiger partial charge in [0.15, 0.2) is 29.7 Å². The predicted molar refractivity (Wildman–Crippen MR) is 149 cm³/mol. The largest absolute Gasteiger partial charge is 0.695 e. The fourth-order valence-corrected chi connectivity index (χ4v) is 6.69. The van der Waals surface area contributed by atoms with Gasteiger partial charge in [-0.1, -0.05) is 0 Å². The number of fused-ring (bicyclic) bond motifs is 2. The van der Waals surface area contributed by atoms with E-state index < -0.39 is 83.9 Å². The van der Waals surface area contributed by atoms with Crippen LogP contribution in [0.15, 0.2) is 35.6 Å². The van der Waals surface area contributed by atoms with Crippen LogP contribution >= 0.6 is 16.1 Å². The zero-order valence-electron chi connectivity index (χ0n) is 22.7. The number of hydrogen-bond donors (Lipinski definition) is 8. The number of rotatable bonds is 10. The van der Waals surface area contributed by atoms with Crippen LogP contribution in [0.3, 0.4) is 0 Å². The number of ether oxygens (including phenoxy) is 2. The number of imidazole rings is 1. The molecule has 0 aromatic carbocycles. The number of nitrogens with zero attached hydrogens (tertiary/aromatic N) is 5. The van der Waals surface area contributed by atoms with Crippen molar-refractivity contribution in [3.63, 3.8) is 0 Å². The molecule has 23 heteroatoms. The molecule has 0 bridgehead atoms. The van der Waals surface area contributed by atoms with E-state index in [1.165, 1.54) is 17.0 Å². The summed E-state index contributed by atoms with van der Waals surface area (Å²) < 4.78 is 54.1. The van der Waals surface area contributed by atoms with Crippen molar-refractivity contribution in [2.45, 2.75) is 49.1 Å². The molecule has 2 fully saturated rings. The van der Waals surface area contributed by atoms with Gasteiger partial charge < -0.3 is 45.7 Å². The summed E-state index contributed by atoms with van der Waals surface area (Å²) in [6, 6.07) is 3.18. The zero-order valence-corrected chi connectivity index (χ0v) is 24.5. The highest BCUT2D eigenvalue weighted by Gasteiger charge is 2.53. The number of anilines is 2. The lowest BCUT2D eigenvalue weighted by Gasteiger charge is -2.24. The van der Waals surface area contributed by atoms with Crippen molar-refractivity contribution in [2.75, 3.05) is 24.7 Å². The quantitative estimate of drug-likeness (QED) is 0.0877. The number of nitrogens with one attached hydrogen (secondary N) is 1. The minimum atomic E-state index is -5.15. The Morgan fingerprint density at radius 3 is 2.56 bits per heavy atom. The molecule has 6 rings (SSSR count). The Labute approximate surface area is 251 Å². The maximum atomic E-state index is 13.2. The summed E-state index contributed by atoms with van der Waals surface area (Å²) in [5, 5.41) is 32.0. The summed E-state index contributed by atoms with van der Waals surface area (Å²) in [6.07, 6.45) is -7.86. The van der Waals surface area contributed by atoms with E-state index in [0.29, 0.717) is 16.7 Å². The maximum Gasteiger partial charge on any atom is 0.695 e. The Morgan fingerprint density at radius 1 is 1.07 bits per heavy atom. The van der Waals surface area contributed by atoms with Gasteiger partial charge >= 0.3 is 16.1 Å². The van der Waals surface area contributed by atoms with Crippen molar-refractivity contribution < 1.29 is 57.3 Å². The molecule has 242 valence electrons. The van der Waals surface area contributed by atoms with Crippen molar-refractivity contribution in [3.8, 4) is 0 Å². The molecule has 21 nitrogen and oxygen atoms in total. The molecule has 6 heterocycles. The first-order valence-corrected chi connectivity index (χ1v) is 15.7. The highest BCUT2D eigenvalue weighted by Crippen LogP contribution is 2.50. The highest BCUT2D eigenvalue weighted by atomic mass is 31.2. The van der Waals surface area contributed by atoms with Crippen molar-refractivity contribution in [2.24, 2.45) is 0 Å². The highest BCUT2D eigenvalue weighted by molar-refractivity contribution is 7.47. The number of aliphatic hydroxyl groups excluding tert-OH is 3. The number of hydrogen-bond acceptors (Lipinski definition) is 16. The van der Waals surface area contributed by atoms with Gasteiger partial charge in [-0.15, -0.1) is 9.42 Å². The van der Waals surface area contributed by atoms with Crippen LogP contribution in [0.25, 0.3) is 22.2 Å². The van der Waals surface area contributed by atoms with E-state index in [4.69, 9.17) is 34.5 Å². The Morgan fingerprint density at radius 2 is 1.82 bits per heavy atom. The molecule has 2 aliphatic heterocycles. The number of phosphoric acid groups is 1. The smallest absolute Gasteiger partial charge is 0.398 e. The summed E-state index contributed by atoms with van der Waals surface area (Å²) in [4.78, 5) is 46.7. The van der Waals surface area contributed by atoms with E-state index in [1.54, 1.807) is 12.1 Å². The average Bonchev–Trinajstić information content (AvgIpc) is 3.73. The normalized spacial score (nSPS) is 30.3. The first-order chi connectivity index (χ1) is 21.4. The fourth-order valence-electron chi connectivity index (χ4n) is 5.29. The van der Waals surface area contributed by atoms with E-state index in [9.17, 15) is 39.0 Å². The minimum Gasteiger partial charge on any atom is -0.398 e. The third-order valence-electron chi connectivity index (χ3n) is 7.32. The Bertz CT molecular complexity index is 1850. The van der Waals surface area contributed by atoms with Gasteiger partial charge in [0.2, 0.25) is 5.95 Å². The number of phosphoric ester groups is 1. The standard InChI is InChI=1S/C22H26N8O13P2/c23-9-1-3-25-17-8(9)2-4-29(17)20-14(33)15(42-44(35)36)11(41-20)6-39-45(37,38)43-16-13(32)10(5-31)40-21(16)30-7-26-12-18(30)27-22(24)28-19(12)34/h1-4,7,10-11,13-16,20-21,31-33H,5-6H2,(H6-,23,24,25,27,28,34,35,36,37,38)/p+1/t10-,11-,13+,14?,15+,16?,20-,21-/m1/s1. The average molecular weight is 673 g/mol. The van der Waals surface area contributed by atoms with Crippen LogP contribution in [-0.4, -0.2) is 104 Å². The van der Waals surface area contributed by atoms with Gasteiger partial charge in [0.05, 0.1) is 19.5 Å². The molecule has 0 saturated carbocycles. The summed E-state index contributed by atoms with van der Waals surface area (Å²) >= 11 is 0. The van der Waals surface area contributed by atoms with Crippen LogP contribution in [0, 0.1) is 0 Å². The molecule has 4 unspecified atom stereocenters. The second kappa shape index (κ2) is 12.1. The van der Waals surface area contributed by atoms with Crippen LogP contribution < -0.4 is 17.0 Å². The van der Waals surface area contributed by atoms with Crippen molar-refractivity contribution in [3.05, 3.63) is 41.2 Å². The Balaban J connectivity index is 1.22. The molecule has 0 spiro atoms. The van der Waals surface area contributed by atoms with Crippen LogP contribution in [0.4, 0.5) is 11.6 Å². The third-order valence-corrected chi connectivity index (χ3v) is 8.73. The van der Waals surface area contributed by atoms with Gasteiger partial charge in [-0.25, -0.2) is 14.5 Å². The first-order valence-electron chi connectivity index (χ1n) is 13.1. The van der Waals surface area contributed by atoms with E-state index in [0.717, 1.165) is 10.9 Å². The molecule has 4 aromatic rings. The van der Waals surface area contributed by atoms with Gasteiger partial charge in [-0.05, 0) is 12.1 Å². The lowest BCUT2D eigenvalue weighted by molar-refractivity contribution is -0.0607. The molecule has 45 heavy (non-hydrogen) atoms. The number of aliphatic hydroxyl groups is 3. The van der Waals surface area contributed by atoms with Gasteiger partial charge in [0, 0.05) is 28.0 Å². The summed E-state index contributed by atoms with van der Waals surface area (Å²) in [5.41, 5.74) is 11.4. The SMILES string of the molecule is Nc1nc2c(ncn2[C@@H]2O[C@H](CO)[C@H](O)C2OP(=O)(O)OC[C@H]2O[C@@H](n3ccc4c(N)ccnc43)C(O)[C@H]2O[P+](=O)O)c(=O)[nH]1. The Kier molecular flexibility index (Phi) is 8.46. The van der Waals surface area contributed by atoms with Gasteiger partial charge in [0.1, 0.15) is 36.2 Å². The molecule has 10 atom stereocenters. The van der Waals surface area contributed by atoms with Crippen LogP contribution in [0.5, 0.6) is 0 Å². The third kappa shape index (κ3) is 5.85. The number of nitrogen functional groups attached to an aromatic ring is 2. The maximum absolute atomic E-state index is 13.2. The van der Waals surface area contributed by atoms with Crippen LogP contribution in [0.1, 0.15) is 12.5 Å². The predicted octanol–water partition coefficient (Wildman–Crippen LogP) is -1.62. The molecular formula is C22H27N8O13P2+. The van der Waals surface area contributed by atoms with E-state index in [1.807, 2.05) is 0 Å². The van der Waals surface area contributed by atoms with E-state index in [2.05, 4.69) is 19.9 Å². The number of aromatic nitrogens is 6. The van der Waals surface area contributed by atoms with Gasteiger partial charge in [-0.2, -0.15) is 4.98 Å². The second-order valence-electron chi connectivity index (χ2n) is 10.1.